The molecule has 0 radical (unpaired) electrons. The van der Waals surface area contributed by atoms with E-state index in [1.807, 2.05) is 18.9 Å². The molecule has 0 aliphatic carbocycles. The molecule has 2 aliphatic rings. The van der Waals surface area contributed by atoms with Crippen molar-refractivity contribution in [2.45, 2.75) is 31.8 Å². The van der Waals surface area contributed by atoms with Gasteiger partial charge in [0.15, 0.2) is 0 Å². The number of carbonyl (C=O) groups excluding carboxylic acids is 2. The van der Waals surface area contributed by atoms with Crippen LogP contribution in [0.4, 0.5) is 0 Å². The maximum atomic E-state index is 12.5. The summed E-state index contributed by atoms with van der Waals surface area (Å²) in [6.45, 7) is 3.67. The first-order valence-corrected chi connectivity index (χ1v) is 7.32. The van der Waals surface area contributed by atoms with Crippen LogP contribution in [0.3, 0.4) is 0 Å². The van der Waals surface area contributed by atoms with Crippen molar-refractivity contribution in [2.24, 2.45) is 11.8 Å². The highest BCUT2D eigenvalue weighted by atomic mass is 16.3. The number of rotatable bonds is 4. The summed E-state index contributed by atoms with van der Waals surface area (Å²) in [5.74, 6) is -0.809. The summed E-state index contributed by atoms with van der Waals surface area (Å²) >= 11 is 0. The molecule has 3 atom stereocenters. The maximum Gasteiger partial charge on any atom is 0.227 e. The van der Waals surface area contributed by atoms with Crippen LogP contribution in [0.2, 0.25) is 0 Å². The first kappa shape index (κ1) is 15.3. The molecule has 0 aromatic carbocycles. The molecular formula is C14H25N3O3. The number of likely N-dealkylation sites (tertiary alicyclic amines) is 1. The van der Waals surface area contributed by atoms with Gasteiger partial charge >= 0.3 is 0 Å². The summed E-state index contributed by atoms with van der Waals surface area (Å²) in [4.78, 5) is 27.9. The number of piperidine rings is 1. The van der Waals surface area contributed by atoms with Gasteiger partial charge in [-0.3, -0.25) is 9.59 Å². The number of nitrogens with zero attached hydrogens (tertiary/aromatic N) is 2. The quantitative estimate of drug-likeness (QED) is 0.668. The largest absolute Gasteiger partial charge is 0.395 e. The first-order chi connectivity index (χ1) is 9.45. The van der Waals surface area contributed by atoms with Gasteiger partial charge in [0.2, 0.25) is 11.8 Å². The third-order valence-corrected chi connectivity index (χ3v) is 4.79. The molecule has 0 bridgehead atoms. The number of hydrogen-bond donors (Lipinski definition) is 2. The van der Waals surface area contributed by atoms with Crippen molar-refractivity contribution in [3.8, 4) is 0 Å². The SMILES string of the molecule is C[C@@H](C(=O)N(C)C1CCN(C)CC1)[C@H]1NC(=O)[C@@H]1CO. The second-order valence-corrected chi connectivity index (χ2v) is 6.10. The third-order valence-electron chi connectivity index (χ3n) is 4.79. The van der Waals surface area contributed by atoms with E-state index in [9.17, 15) is 14.7 Å². The van der Waals surface area contributed by atoms with Gasteiger partial charge in [0, 0.05) is 13.1 Å². The van der Waals surface area contributed by atoms with Crippen LogP contribution in [-0.4, -0.2) is 72.6 Å². The van der Waals surface area contributed by atoms with Crippen LogP contribution in [0.15, 0.2) is 0 Å². The van der Waals surface area contributed by atoms with Gasteiger partial charge in [0.05, 0.1) is 24.5 Å². The predicted molar refractivity (Wildman–Crippen MR) is 75.0 cm³/mol. The fourth-order valence-electron chi connectivity index (χ4n) is 3.15. The topological polar surface area (TPSA) is 72.9 Å². The van der Waals surface area contributed by atoms with Gasteiger partial charge in [0.1, 0.15) is 0 Å². The van der Waals surface area contributed by atoms with E-state index in [0.29, 0.717) is 0 Å². The summed E-state index contributed by atoms with van der Waals surface area (Å²) in [5.41, 5.74) is 0. The summed E-state index contributed by atoms with van der Waals surface area (Å²) in [5, 5.41) is 11.9. The number of aliphatic hydroxyl groups excluding tert-OH is 1. The van der Waals surface area contributed by atoms with Gasteiger partial charge < -0.3 is 20.2 Å². The third kappa shape index (κ3) is 2.81. The Kier molecular flexibility index (Phi) is 4.65. The highest BCUT2D eigenvalue weighted by Crippen LogP contribution is 2.25. The van der Waals surface area contributed by atoms with Gasteiger partial charge in [-0.2, -0.15) is 0 Å². The number of hydrogen-bond acceptors (Lipinski definition) is 4. The molecule has 114 valence electrons. The number of nitrogens with one attached hydrogen (secondary N) is 1. The van der Waals surface area contributed by atoms with Crippen molar-refractivity contribution in [1.82, 2.24) is 15.1 Å². The second kappa shape index (κ2) is 6.10. The molecule has 2 fully saturated rings. The summed E-state index contributed by atoms with van der Waals surface area (Å²) in [7, 11) is 3.94. The van der Waals surface area contributed by atoms with E-state index in [4.69, 9.17) is 0 Å². The van der Waals surface area contributed by atoms with E-state index < -0.39 is 5.92 Å². The molecule has 0 aromatic heterocycles. The van der Waals surface area contributed by atoms with E-state index in [-0.39, 0.29) is 36.4 Å². The molecule has 0 spiro atoms. The lowest BCUT2D eigenvalue weighted by molar-refractivity contribution is -0.146. The average Bonchev–Trinajstić information content (AvgIpc) is 2.43. The van der Waals surface area contributed by atoms with Crippen LogP contribution in [-0.2, 0) is 9.59 Å². The van der Waals surface area contributed by atoms with Crippen molar-refractivity contribution in [3.05, 3.63) is 0 Å². The van der Waals surface area contributed by atoms with Crippen LogP contribution in [0, 0.1) is 11.8 Å². The number of carbonyl (C=O) groups is 2. The molecule has 2 heterocycles. The molecule has 20 heavy (non-hydrogen) atoms. The molecule has 2 rings (SSSR count). The Hall–Kier alpha value is -1.14. The normalized spacial score (nSPS) is 29.5. The van der Waals surface area contributed by atoms with Gasteiger partial charge in [-0.15, -0.1) is 0 Å². The van der Waals surface area contributed by atoms with Crippen LogP contribution >= 0.6 is 0 Å². The van der Waals surface area contributed by atoms with E-state index in [0.717, 1.165) is 25.9 Å². The molecule has 0 saturated carbocycles. The highest BCUT2D eigenvalue weighted by Gasteiger charge is 2.45. The maximum absolute atomic E-state index is 12.5. The monoisotopic (exact) mass is 283 g/mol. The van der Waals surface area contributed by atoms with Crippen molar-refractivity contribution >= 4 is 11.8 Å². The van der Waals surface area contributed by atoms with Crippen molar-refractivity contribution in [2.75, 3.05) is 33.8 Å². The van der Waals surface area contributed by atoms with Crippen molar-refractivity contribution < 1.29 is 14.7 Å². The highest BCUT2D eigenvalue weighted by molar-refractivity contribution is 5.89. The Morgan fingerprint density at radius 3 is 2.60 bits per heavy atom. The number of β-lactam (4-membered cyclic amide) rings is 1. The fourth-order valence-corrected chi connectivity index (χ4v) is 3.15. The zero-order valence-electron chi connectivity index (χ0n) is 12.5. The minimum absolute atomic E-state index is 0.0583. The molecule has 2 amide bonds. The molecule has 0 unspecified atom stereocenters. The van der Waals surface area contributed by atoms with E-state index in [2.05, 4.69) is 17.3 Å². The van der Waals surface area contributed by atoms with E-state index in [1.54, 1.807) is 0 Å². The average molecular weight is 283 g/mol. The Bertz CT molecular complexity index is 380. The van der Waals surface area contributed by atoms with Crippen LogP contribution in [0.25, 0.3) is 0 Å². The Morgan fingerprint density at radius 2 is 2.10 bits per heavy atom. The lowest BCUT2D eigenvalue weighted by atomic mass is 9.81. The molecular weight excluding hydrogens is 258 g/mol. The molecule has 2 saturated heterocycles. The minimum Gasteiger partial charge on any atom is -0.395 e. The van der Waals surface area contributed by atoms with Crippen LogP contribution in [0.5, 0.6) is 0 Å². The zero-order valence-corrected chi connectivity index (χ0v) is 12.5. The zero-order chi connectivity index (χ0) is 14.9. The van der Waals surface area contributed by atoms with E-state index in [1.165, 1.54) is 0 Å². The number of aliphatic hydroxyl groups is 1. The number of amides is 2. The lowest BCUT2D eigenvalue weighted by Crippen LogP contribution is -2.64. The molecule has 2 aliphatic heterocycles. The standard InChI is InChI=1S/C14H25N3O3/c1-9(12-11(8-18)13(19)15-12)14(20)17(3)10-4-6-16(2)7-5-10/h9-12,18H,4-8H2,1-3H3,(H,15,19)/t9-,11-,12-/m1/s1. The summed E-state index contributed by atoms with van der Waals surface area (Å²) in [6.07, 6.45) is 1.98. The van der Waals surface area contributed by atoms with Crippen LogP contribution in [0.1, 0.15) is 19.8 Å². The molecule has 2 N–H and O–H groups in total. The predicted octanol–water partition coefficient (Wildman–Crippen LogP) is -0.718. The molecule has 0 aromatic rings. The molecule has 6 heteroatoms. The lowest BCUT2D eigenvalue weighted by Gasteiger charge is -2.42. The smallest absolute Gasteiger partial charge is 0.227 e. The van der Waals surface area contributed by atoms with Crippen molar-refractivity contribution in [1.29, 1.82) is 0 Å². The van der Waals surface area contributed by atoms with Gasteiger partial charge in [-0.05, 0) is 33.0 Å². The Labute approximate surface area is 120 Å². The van der Waals surface area contributed by atoms with E-state index >= 15 is 0 Å². The second-order valence-electron chi connectivity index (χ2n) is 6.10. The first-order valence-electron chi connectivity index (χ1n) is 7.32. The molecule has 6 nitrogen and oxygen atoms in total. The van der Waals surface area contributed by atoms with Crippen molar-refractivity contribution in [3.63, 3.8) is 0 Å². The van der Waals surface area contributed by atoms with Gasteiger partial charge in [-0.25, -0.2) is 0 Å². The van der Waals surface area contributed by atoms with Crippen LogP contribution < -0.4 is 5.32 Å². The minimum atomic E-state index is -0.431. The summed E-state index contributed by atoms with van der Waals surface area (Å²) < 4.78 is 0. The van der Waals surface area contributed by atoms with Gasteiger partial charge in [0.25, 0.3) is 0 Å². The van der Waals surface area contributed by atoms with Gasteiger partial charge in [-0.1, -0.05) is 6.92 Å². The fraction of sp³-hybridized carbons (Fsp3) is 0.857. The Morgan fingerprint density at radius 1 is 1.50 bits per heavy atom. The Balaban J connectivity index is 1.91. The summed E-state index contributed by atoms with van der Waals surface area (Å²) in [6, 6.07) is 0.0539.